The molecule has 0 radical (unpaired) electrons. The topological polar surface area (TPSA) is 99.0 Å². The number of amides is 1. The minimum absolute atomic E-state index is 0.0684. The van der Waals surface area contributed by atoms with Crippen molar-refractivity contribution in [2.45, 2.75) is 12.0 Å². The van der Waals surface area contributed by atoms with E-state index in [0.717, 1.165) is 5.56 Å². The van der Waals surface area contributed by atoms with E-state index in [1.807, 2.05) is 0 Å². The Morgan fingerprint density at radius 2 is 1.89 bits per heavy atom. The number of carbonyl (C=O) groups is 1. The minimum Gasteiger partial charge on any atom is -0.497 e. The summed E-state index contributed by atoms with van der Waals surface area (Å²) < 4.78 is 5.05. The lowest BCUT2D eigenvalue weighted by Crippen LogP contribution is -2.57. The Bertz CT molecular complexity index is 409. The van der Waals surface area contributed by atoms with Gasteiger partial charge < -0.3 is 25.4 Å². The fourth-order valence-electron chi connectivity index (χ4n) is 1.58. The first-order chi connectivity index (χ1) is 9.09. The van der Waals surface area contributed by atoms with Gasteiger partial charge in [-0.05, 0) is 17.7 Å². The molecule has 0 spiro atoms. The van der Waals surface area contributed by atoms with Crippen LogP contribution in [0, 0.1) is 0 Å². The molecule has 1 rings (SSSR count). The standard InChI is InChI=1S/C13H19NO5/c1-19-11-4-2-3-10(5-11)6-12(18)14-13(7-15,8-16)9-17/h2-5,15-17H,6-9H2,1H3,(H,14,18). The van der Waals surface area contributed by atoms with E-state index in [9.17, 15) is 4.79 Å². The molecule has 1 amide bonds. The van der Waals surface area contributed by atoms with Gasteiger partial charge in [-0.3, -0.25) is 4.79 Å². The molecule has 0 aromatic heterocycles. The average Bonchev–Trinajstić information content (AvgIpc) is 2.45. The summed E-state index contributed by atoms with van der Waals surface area (Å²) in [7, 11) is 1.54. The van der Waals surface area contributed by atoms with Gasteiger partial charge in [0.15, 0.2) is 0 Å². The number of ether oxygens (including phenoxy) is 1. The zero-order chi connectivity index (χ0) is 14.3. The maximum absolute atomic E-state index is 11.8. The van der Waals surface area contributed by atoms with Crippen LogP contribution < -0.4 is 10.1 Å². The zero-order valence-electron chi connectivity index (χ0n) is 10.8. The summed E-state index contributed by atoms with van der Waals surface area (Å²) in [5, 5.41) is 29.8. The van der Waals surface area contributed by atoms with E-state index < -0.39 is 31.3 Å². The van der Waals surface area contributed by atoms with Crippen LogP contribution >= 0.6 is 0 Å². The van der Waals surface area contributed by atoms with Gasteiger partial charge in [-0.1, -0.05) is 12.1 Å². The summed E-state index contributed by atoms with van der Waals surface area (Å²) >= 11 is 0. The van der Waals surface area contributed by atoms with Crippen molar-refractivity contribution in [2.24, 2.45) is 0 Å². The Morgan fingerprint density at radius 1 is 1.26 bits per heavy atom. The van der Waals surface area contributed by atoms with Gasteiger partial charge in [0.25, 0.3) is 0 Å². The lowest BCUT2D eigenvalue weighted by molar-refractivity contribution is -0.124. The van der Waals surface area contributed by atoms with Crippen molar-refractivity contribution < 1.29 is 24.9 Å². The third-order valence-corrected chi connectivity index (χ3v) is 2.81. The Kier molecular flexibility index (Phi) is 5.75. The van der Waals surface area contributed by atoms with Crippen molar-refractivity contribution in [1.29, 1.82) is 0 Å². The summed E-state index contributed by atoms with van der Waals surface area (Å²) in [5.41, 5.74) is -0.657. The van der Waals surface area contributed by atoms with E-state index in [4.69, 9.17) is 20.1 Å². The number of rotatable bonds is 7. The number of aliphatic hydroxyl groups is 3. The number of carbonyl (C=O) groups excluding carboxylic acids is 1. The summed E-state index contributed by atoms with van der Waals surface area (Å²) in [5.74, 6) is 0.244. The van der Waals surface area contributed by atoms with Gasteiger partial charge in [-0.25, -0.2) is 0 Å². The van der Waals surface area contributed by atoms with Gasteiger partial charge in [-0.15, -0.1) is 0 Å². The second kappa shape index (κ2) is 7.08. The van der Waals surface area contributed by atoms with Gasteiger partial charge in [-0.2, -0.15) is 0 Å². The minimum atomic E-state index is -1.39. The monoisotopic (exact) mass is 269 g/mol. The second-order valence-electron chi connectivity index (χ2n) is 4.33. The lowest BCUT2D eigenvalue weighted by Gasteiger charge is -2.28. The summed E-state index contributed by atoms with van der Waals surface area (Å²) in [6.07, 6.45) is 0.0684. The van der Waals surface area contributed by atoms with Crippen LogP contribution in [0.4, 0.5) is 0 Å². The molecule has 1 aromatic carbocycles. The van der Waals surface area contributed by atoms with Gasteiger partial charge in [0.1, 0.15) is 11.3 Å². The van der Waals surface area contributed by atoms with E-state index in [1.54, 1.807) is 24.3 Å². The third kappa shape index (κ3) is 4.20. The molecule has 19 heavy (non-hydrogen) atoms. The van der Waals surface area contributed by atoms with Gasteiger partial charge in [0.05, 0.1) is 33.4 Å². The van der Waals surface area contributed by atoms with Crippen LogP contribution in [-0.2, 0) is 11.2 Å². The summed E-state index contributed by atoms with van der Waals surface area (Å²) in [6.45, 7) is -1.61. The molecule has 6 heteroatoms. The molecule has 0 atom stereocenters. The largest absolute Gasteiger partial charge is 0.497 e. The molecular weight excluding hydrogens is 250 g/mol. The van der Waals surface area contributed by atoms with Crippen LogP contribution in [0.1, 0.15) is 5.56 Å². The Hall–Kier alpha value is -1.63. The lowest BCUT2D eigenvalue weighted by atomic mass is 10.0. The van der Waals surface area contributed by atoms with E-state index in [1.165, 1.54) is 7.11 Å². The quantitative estimate of drug-likeness (QED) is 0.512. The van der Waals surface area contributed by atoms with Crippen LogP contribution in [0.25, 0.3) is 0 Å². The van der Waals surface area contributed by atoms with Crippen molar-refractivity contribution in [3.05, 3.63) is 29.8 Å². The molecule has 0 fully saturated rings. The predicted octanol–water partition coefficient (Wildman–Crippen LogP) is -0.930. The predicted molar refractivity (Wildman–Crippen MR) is 68.8 cm³/mol. The van der Waals surface area contributed by atoms with Crippen LogP contribution in [0.2, 0.25) is 0 Å². The molecule has 0 saturated carbocycles. The van der Waals surface area contributed by atoms with Crippen LogP contribution in [0.5, 0.6) is 5.75 Å². The number of aliphatic hydroxyl groups excluding tert-OH is 3. The molecule has 4 N–H and O–H groups in total. The van der Waals surface area contributed by atoms with Crippen molar-refractivity contribution in [3.63, 3.8) is 0 Å². The van der Waals surface area contributed by atoms with Crippen LogP contribution in [0.3, 0.4) is 0 Å². The normalized spacial score (nSPS) is 11.2. The number of hydrogen-bond donors (Lipinski definition) is 4. The Labute approximate surface area is 111 Å². The number of nitrogens with one attached hydrogen (secondary N) is 1. The van der Waals surface area contributed by atoms with Crippen LogP contribution in [-0.4, -0.2) is 53.7 Å². The molecular formula is C13H19NO5. The average molecular weight is 269 g/mol. The van der Waals surface area contributed by atoms with Crippen molar-refractivity contribution >= 4 is 5.91 Å². The Balaban J connectivity index is 2.68. The fourth-order valence-corrected chi connectivity index (χ4v) is 1.58. The smallest absolute Gasteiger partial charge is 0.225 e. The highest BCUT2D eigenvalue weighted by molar-refractivity contribution is 5.79. The molecule has 0 heterocycles. The first kappa shape index (κ1) is 15.4. The number of benzene rings is 1. The van der Waals surface area contributed by atoms with E-state index in [-0.39, 0.29) is 6.42 Å². The molecule has 6 nitrogen and oxygen atoms in total. The third-order valence-electron chi connectivity index (χ3n) is 2.81. The molecule has 1 aromatic rings. The SMILES string of the molecule is COc1cccc(CC(=O)NC(CO)(CO)CO)c1. The van der Waals surface area contributed by atoms with Crippen molar-refractivity contribution in [2.75, 3.05) is 26.9 Å². The molecule has 0 aliphatic carbocycles. The van der Waals surface area contributed by atoms with Gasteiger partial charge >= 0.3 is 0 Å². The van der Waals surface area contributed by atoms with E-state index in [0.29, 0.717) is 5.75 Å². The Morgan fingerprint density at radius 3 is 2.42 bits per heavy atom. The molecule has 0 bridgehead atoms. The highest BCUT2D eigenvalue weighted by atomic mass is 16.5. The first-order valence-corrected chi connectivity index (χ1v) is 5.85. The molecule has 106 valence electrons. The van der Waals surface area contributed by atoms with Crippen molar-refractivity contribution in [3.8, 4) is 5.75 Å². The van der Waals surface area contributed by atoms with E-state index in [2.05, 4.69) is 5.32 Å². The maximum Gasteiger partial charge on any atom is 0.225 e. The van der Waals surface area contributed by atoms with Crippen LogP contribution in [0.15, 0.2) is 24.3 Å². The summed E-state index contributed by atoms with van der Waals surface area (Å²) in [6, 6.07) is 7.01. The van der Waals surface area contributed by atoms with E-state index >= 15 is 0 Å². The molecule has 0 unspecified atom stereocenters. The summed E-state index contributed by atoms with van der Waals surface area (Å²) in [4.78, 5) is 11.8. The second-order valence-corrected chi connectivity index (χ2v) is 4.33. The van der Waals surface area contributed by atoms with Gasteiger partial charge in [0, 0.05) is 0 Å². The molecule has 0 saturated heterocycles. The number of methoxy groups -OCH3 is 1. The highest BCUT2D eigenvalue weighted by Gasteiger charge is 2.29. The highest BCUT2D eigenvalue weighted by Crippen LogP contribution is 2.13. The number of hydrogen-bond acceptors (Lipinski definition) is 5. The fraction of sp³-hybridized carbons (Fsp3) is 0.462. The van der Waals surface area contributed by atoms with Crippen molar-refractivity contribution in [1.82, 2.24) is 5.32 Å². The van der Waals surface area contributed by atoms with Gasteiger partial charge in [0.2, 0.25) is 5.91 Å². The maximum atomic E-state index is 11.8. The first-order valence-electron chi connectivity index (χ1n) is 5.85. The molecule has 0 aliphatic heterocycles. The molecule has 0 aliphatic rings. The zero-order valence-corrected chi connectivity index (χ0v) is 10.8.